The van der Waals surface area contributed by atoms with Crippen molar-refractivity contribution in [3.63, 3.8) is 0 Å². The van der Waals surface area contributed by atoms with Crippen molar-refractivity contribution in [3.8, 4) is 0 Å². The normalized spacial score (nSPS) is 12.6. The van der Waals surface area contributed by atoms with E-state index in [2.05, 4.69) is 32.9 Å². The summed E-state index contributed by atoms with van der Waals surface area (Å²) in [6.45, 7) is 6.54. The first-order chi connectivity index (χ1) is 9.56. The highest BCUT2D eigenvalue weighted by Crippen LogP contribution is 2.30. The van der Waals surface area contributed by atoms with Crippen molar-refractivity contribution < 1.29 is 4.79 Å². The van der Waals surface area contributed by atoms with Crippen LogP contribution in [0.15, 0.2) is 24.3 Å². The molecule has 1 rings (SSSR count). The molecule has 0 aromatic heterocycles. The van der Waals surface area contributed by atoms with E-state index in [0.29, 0.717) is 5.92 Å². The van der Waals surface area contributed by atoms with Crippen LogP contribution in [0.1, 0.15) is 68.7 Å². The van der Waals surface area contributed by atoms with Crippen molar-refractivity contribution in [3.05, 3.63) is 35.4 Å². The van der Waals surface area contributed by atoms with Gasteiger partial charge in [-0.3, -0.25) is 4.79 Å². The number of benzene rings is 1. The number of nitrogens with two attached hydrogens (primary N) is 1. The topological polar surface area (TPSA) is 43.1 Å². The molecule has 0 bridgehead atoms. The molecule has 0 aliphatic carbocycles. The van der Waals surface area contributed by atoms with Gasteiger partial charge in [-0.2, -0.15) is 0 Å². The van der Waals surface area contributed by atoms with E-state index in [4.69, 9.17) is 5.73 Å². The molecule has 0 aliphatic heterocycles. The molecule has 20 heavy (non-hydrogen) atoms. The molecular weight excluding hydrogens is 266 g/mol. The first kappa shape index (κ1) is 17.1. The van der Waals surface area contributed by atoms with E-state index >= 15 is 0 Å². The minimum atomic E-state index is -0.234. The van der Waals surface area contributed by atoms with Crippen molar-refractivity contribution in [1.29, 1.82) is 0 Å². The Morgan fingerprint density at radius 3 is 2.20 bits per heavy atom. The van der Waals surface area contributed by atoms with Crippen molar-refractivity contribution in [1.82, 2.24) is 0 Å². The fourth-order valence-electron chi connectivity index (χ4n) is 2.13. The van der Waals surface area contributed by atoms with Crippen LogP contribution in [0.4, 0.5) is 0 Å². The van der Waals surface area contributed by atoms with E-state index in [1.807, 2.05) is 12.1 Å². The number of hydrogen-bond donors (Lipinski definition) is 1. The highest BCUT2D eigenvalue weighted by Gasteiger charge is 2.18. The van der Waals surface area contributed by atoms with Crippen LogP contribution in [0.25, 0.3) is 0 Å². The lowest BCUT2D eigenvalue weighted by Crippen LogP contribution is -2.19. The number of hydrogen-bond acceptors (Lipinski definition) is 2. The minimum absolute atomic E-state index is 0.210. The summed E-state index contributed by atoms with van der Waals surface area (Å²) in [5, 5.41) is -0.210. The molecule has 0 saturated heterocycles. The Morgan fingerprint density at radius 2 is 1.70 bits per heavy atom. The van der Waals surface area contributed by atoms with Crippen LogP contribution in [-0.4, -0.2) is 11.7 Å². The molecule has 1 aromatic carbocycles. The maximum absolute atomic E-state index is 11.6. The van der Waals surface area contributed by atoms with Gasteiger partial charge in [0, 0.05) is 0 Å². The predicted octanol–water partition coefficient (Wildman–Crippen LogP) is 4.65. The number of unbranched alkanes of at least 4 members (excludes halogenated alkanes) is 3. The summed E-state index contributed by atoms with van der Waals surface area (Å²) in [6.07, 6.45) is 4.90. The van der Waals surface area contributed by atoms with Crippen LogP contribution >= 0.6 is 11.8 Å². The number of amides is 1. The standard InChI is InChI=1S/C17H27NOS/c1-4-5-6-7-12-20-16(17(18)19)15-10-8-14(9-11-15)13(2)3/h8-11,13,16H,4-7,12H2,1-3H3,(H2,18,19). The largest absolute Gasteiger partial charge is 0.368 e. The van der Waals surface area contributed by atoms with Gasteiger partial charge in [0.2, 0.25) is 5.91 Å². The van der Waals surface area contributed by atoms with Gasteiger partial charge >= 0.3 is 0 Å². The summed E-state index contributed by atoms with van der Waals surface area (Å²) in [5.74, 6) is 1.28. The second-order valence-corrected chi connectivity index (χ2v) is 6.75. The number of carbonyl (C=O) groups is 1. The molecule has 3 heteroatoms. The lowest BCUT2D eigenvalue weighted by atomic mass is 10.0. The van der Waals surface area contributed by atoms with E-state index in [0.717, 1.165) is 17.7 Å². The van der Waals surface area contributed by atoms with Gasteiger partial charge < -0.3 is 5.73 Å². The molecule has 0 radical (unpaired) electrons. The van der Waals surface area contributed by atoms with Crippen LogP contribution in [-0.2, 0) is 4.79 Å². The fourth-order valence-corrected chi connectivity index (χ4v) is 3.25. The molecule has 1 unspecified atom stereocenters. The van der Waals surface area contributed by atoms with Crippen LogP contribution in [0.2, 0.25) is 0 Å². The van der Waals surface area contributed by atoms with Gasteiger partial charge in [-0.25, -0.2) is 0 Å². The molecule has 2 N–H and O–H groups in total. The third kappa shape index (κ3) is 5.58. The Balaban J connectivity index is 2.59. The lowest BCUT2D eigenvalue weighted by Gasteiger charge is -2.14. The fraction of sp³-hybridized carbons (Fsp3) is 0.588. The SMILES string of the molecule is CCCCCCSC(C(N)=O)c1ccc(C(C)C)cc1. The summed E-state index contributed by atoms with van der Waals surface area (Å²) in [4.78, 5) is 11.6. The van der Waals surface area contributed by atoms with Gasteiger partial charge in [-0.15, -0.1) is 11.8 Å². The number of rotatable bonds is 9. The summed E-state index contributed by atoms with van der Waals surface area (Å²) in [5.41, 5.74) is 7.87. The Hall–Kier alpha value is -0.960. The van der Waals surface area contributed by atoms with E-state index in [-0.39, 0.29) is 11.2 Å². The third-order valence-corrected chi connectivity index (χ3v) is 4.81. The zero-order chi connectivity index (χ0) is 15.0. The molecule has 1 amide bonds. The molecule has 0 spiro atoms. The monoisotopic (exact) mass is 293 g/mol. The highest BCUT2D eigenvalue weighted by molar-refractivity contribution is 8.00. The second-order valence-electron chi connectivity index (χ2n) is 5.54. The zero-order valence-electron chi connectivity index (χ0n) is 12.9. The molecule has 112 valence electrons. The Labute approximate surface area is 127 Å². The second kappa shape index (κ2) is 9.06. The van der Waals surface area contributed by atoms with Crippen molar-refractivity contribution >= 4 is 17.7 Å². The molecular formula is C17H27NOS. The van der Waals surface area contributed by atoms with Gasteiger partial charge in [-0.05, 0) is 29.2 Å². The lowest BCUT2D eigenvalue weighted by molar-refractivity contribution is -0.117. The summed E-state index contributed by atoms with van der Waals surface area (Å²) < 4.78 is 0. The van der Waals surface area contributed by atoms with E-state index < -0.39 is 0 Å². The number of thioether (sulfide) groups is 1. The Morgan fingerprint density at radius 1 is 1.10 bits per heavy atom. The van der Waals surface area contributed by atoms with Crippen molar-refractivity contribution in [2.75, 3.05) is 5.75 Å². The minimum Gasteiger partial charge on any atom is -0.368 e. The Kier molecular flexibility index (Phi) is 7.75. The third-order valence-electron chi connectivity index (χ3n) is 3.45. The Bertz CT molecular complexity index is 400. The summed E-state index contributed by atoms with van der Waals surface area (Å²) >= 11 is 1.67. The van der Waals surface area contributed by atoms with E-state index in [1.54, 1.807) is 11.8 Å². The molecule has 0 heterocycles. The van der Waals surface area contributed by atoms with Gasteiger partial charge in [0.25, 0.3) is 0 Å². The number of carbonyl (C=O) groups excluding carboxylic acids is 1. The van der Waals surface area contributed by atoms with Crippen molar-refractivity contribution in [2.45, 2.75) is 57.6 Å². The molecule has 1 aromatic rings. The van der Waals surface area contributed by atoms with Crippen LogP contribution in [0, 0.1) is 0 Å². The summed E-state index contributed by atoms with van der Waals surface area (Å²) in [6, 6.07) is 8.30. The van der Waals surface area contributed by atoms with Crippen LogP contribution < -0.4 is 5.73 Å². The average molecular weight is 293 g/mol. The average Bonchev–Trinajstić information content (AvgIpc) is 2.42. The first-order valence-electron chi connectivity index (χ1n) is 7.57. The van der Waals surface area contributed by atoms with E-state index in [1.165, 1.54) is 24.8 Å². The maximum atomic E-state index is 11.6. The number of primary amides is 1. The van der Waals surface area contributed by atoms with Gasteiger partial charge in [0.05, 0.1) is 0 Å². The van der Waals surface area contributed by atoms with Crippen LogP contribution in [0.3, 0.4) is 0 Å². The van der Waals surface area contributed by atoms with Crippen LogP contribution in [0.5, 0.6) is 0 Å². The van der Waals surface area contributed by atoms with Gasteiger partial charge in [0.1, 0.15) is 5.25 Å². The zero-order valence-corrected chi connectivity index (χ0v) is 13.7. The van der Waals surface area contributed by atoms with E-state index in [9.17, 15) is 4.79 Å². The maximum Gasteiger partial charge on any atom is 0.235 e. The molecule has 0 aliphatic rings. The smallest absolute Gasteiger partial charge is 0.235 e. The highest BCUT2D eigenvalue weighted by atomic mass is 32.2. The predicted molar refractivity (Wildman–Crippen MR) is 89.1 cm³/mol. The molecule has 1 atom stereocenters. The molecule has 2 nitrogen and oxygen atoms in total. The molecule has 0 saturated carbocycles. The van der Waals surface area contributed by atoms with Crippen molar-refractivity contribution in [2.24, 2.45) is 5.73 Å². The van der Waals surface area contributed by atoms with Gasteiger partial charge in [-0.1, -0.05) is 64.3 Å². The first-order valence-corrected chi connectivity index (χ1v) is 8.62. The molecule has 0 fully saturated rings. The van der Waals surface area contributed by atoms with Gasteiger partial charge in [0.15, 0.2) is 0 Å². The quantitative estimate of drug-likeness (QED) is 0.673. The summed E-state index contributed by atoms with van der Waals surface area (Å²) in [7, 11) is 0.